The van der Waals surface area contributed by atoms with Gasteiger partial charge in [-0.2, -0.15) is 5.26 Å². The maximum atomic E-state index is 13.8. The summed E-state index contributed by atoms with van der Waals surface area (Å²) in [6, 6.07) is 16.5. The van der Waals surface area contributed by atoms with Crippen molar-refractivity contribution in [1.29, 1.82) is 5.26 Å². The van der Waals surface area contributed by atoms with Crippen LogP contribution in [0.1, 0.15) is 64.5 Å². The number of benzene rings is 2. The van der Waals surface area contributed by atoms with Crippen LogP contribution in [-0.2, 0) is 5.41 Å². The van der Waals surface area contributed by atoms with E-state index >= 15 is 0 Å². The number of rotatable bonds is 9. The van der Waals surface area contributed by atoms with Crippen LogP contribution < -0.4 is 10.1 Å². The molecule has 2 fully saturated rings. The lowest BCUT2D eigenvalue weighted by Crippen LogP contribution is -2.50. The van der Waals surface area contributed by atoms with Crippen LogP contribution >= 0.6 is 11.6 Å². The van der Waals surface area contributed by atoms with E-state index in [0.717, 1.165) is 37.8 Å². The minimum atomic E-state index is -0.113. The number of ether oxygens (including phenoxy) is 1. The predicted molar refractivity (Wildman–Crippen MR) is 149 cm³/mol. The fraction of sp³-hybridized carbons (Fsp3) is 0.533. The highest BCUT2D eigenvalue weighted by Gasteiger charge is 2.58. The first-order valence-electron chi connectivity index (χ1n) is 13.4. The molecule has 0 aliphatic heterocycles. The van der Waals surface area contributed by atoms with Crippen molar-refractivity contribution in [3.63, 3.8) is 0 Å². The lowest BCUT2D eigenvalue weighted by atomic mass is 9.80. The molecule has 0 spiro atoms. The van der Waals surface area contributed by atoms with Gasteiger partial charge < -0.3 is 15.0 Å². The van der Waals surface area contributed by atoms with Gasteiger partial charge in [0.05, 0.1) is 24.4 Å². The third kappa shape index (κ3) is 5.89. The van der Waals surface area contributed by atoms with Crippen molar-refractivity contribution in [3.8, 4) is 11.8 Å². The van der Waals surface area contributed by atoms with Crippen LogP contribution in [0.5, 0.6) is 5.75 Å². The summed E-state index contributed by atoms with van der Waals surface area (Å²) >= 11 is 6.23. The van der Waals surface area contributed by atoms with Gasteiger partial charge in [0.15, 0.2) is 0 Å². The van der Waals surface area contributed by atoms with Crippen LogP contribution in [0, 0.1) is 17.2 Å². The van der Waals surface area contributed by atoms with Gasteiger partial charge in [-0.15, -0.1) is 0 Å². The first kappa shape index (κ1) is 27.3. The average Bonchev–Trinajstić information content (AvgIpc) is 3.61. The third-order valence-electron chi connectivity index (χ3n) is 8.31. The summed E-state index contributed by atoms with van der Waals surface area (Å²) in [5.41, 5.74) is 2.74. The Morgan fingerprint density at radius 2 is 1.95 bits per heavy atom. The quantitative estimate of drug-likeness (QED) is 0.398. The summed E-state index contributed by atoms with van der Waals surface area (Å²) in [6.45, 7) is 10.3. The molecule has 2 aliphatic rings. The van der Waals surface area contributed by atoms with E-state index < -0.39 is 0 Å². The van der Waals surface area contributed by atoms with Crippen molar-refractivity contribution in [1.82, 2.24) is 9.80 Å². The predicted octanol–water partition coefficient (Wildman–Crippen LogP) is 6.68. The summed E-state index contributed by atoms with van der Waals surface area (Å²) in [5.74, 6) is 1.12. The highest BCUT2D eigenvalue weighted by molar-refractivity contribution is 6.31. The number of nitriles is 1. The van der Waals surface area contributed by atoms with Crippen LogP contribution in [-0.4, -0.2) is 54.2 Å². The van der Waals surface area contributed by atoms with Crippen molar-refractivity contribution in [2.24, 2.45) is 5.92 Å². The Bertz CT molecular complexity index is 1150. The first-order valence-corrected chi connectivity index (χ1v) is 13.7. The van der Waals surface area contributed by atoms with Crippen molar-refractivity contribution in [2.45, 2.75) is 76.9 Å². The van der Waals surface area contributed by atoms with Gasteiger partial charge in [0.25, 0.3) is 0 Å². The van der Waals surface area contributed by atoms with E-state index in [9.17, 15) is 10.1 Å². The van der Waals surface area contributed by atoms with Gasteiger partial charge in [0.2, 0.25) is 0 Å². The number of nitrogens with zero attached hydrogens (tertiary/aromatic N) is 3. The molecule has 0 radical (unpaired) electrons. The first-order chi connectivity index (χ1) is 17.7. The topological polar surface area (TPSA) is 68.6 Å². The van der Waals surface area contributed by atoms with E-state index in [1.165, 1.54) is 5.56 Å². The second-order valence-electron chi connectivity index (χ2n) is 11.1. The molecule has 2 aromatic rings. The van der Waals surface area contributed by atoms with Crippen molar-refractivity contribution >= 4 is 23.3 Å². The summed E-state index contributed by atoms with van der Waals surface area (Å²) in [5, 5.41) is 13.0. The lowest BCUT2D eigenvalue weighted by molar-refractivity contribution is 0.120. The summed E-state index contributed by atoms with van der Waals surface area (Å²) in [6.07, 6.45) is 4.07. The molecule has 0 saturated heterocycles. The van der Waals surface area contributed by atoms with Crippen LogP contribution in [0.3, 0.4) is 0 Å². The standard InChI is InChI=1S/C30H39ClN4O2/c1-20(2)34(21(3)4)13-14-35(29(36)33-27-17-25(31)9-10-28(27)37-5)26-11-12-30(18-24(30)16-26)23-8-6-7-22(15-23)19-32/h6-10,15,17,20-21,24,26H,11-14,16,18H2,1-5H3,(H,33,36)/t24?,26-,30-/m1/s1. The Morgan fingerprint density at radius 3 is 2.59 bits per heavy atom. The van der Waals surface area contributed by atoms with Crippen LogP contribution in [0.4, 0.5) is 10.5 Å². The van der Waals surface area contributed by atoms with Gasteiger partial charge in [-0.05, 0) is 101 Å². The van der Waals surface area contributed by atoms with Crippen LogP contribution in [0.2, 0.25) is 5.02 Å². The molecular weight excluding hydrogens is 484 g/mol. The van der Waals surface area contributed by atoms with E-state index in [2.05, 4.69) is 56.1 Å². The van der Waals surface area contributed by atoms with Crippen LogP contribution in [0.25, 0.3) is 0 Å². The molecule has 1 unspecified atom stereocenters. The summed E-state index contributed by atoms with van der Waals surface area (Å²) < 4.78 is 5.47. The molecule has 198 valence electrons. The maximum Gasteiger partial charge on any atom is 0.322 e. The number of nitrogens with one attached hydrogen (secondary N) is 1. The molecule has 4 rings (SSSR count). The van der Waals surface area contributed by atoms with Gasteiger partial charge in [-0.25, -0.2) is 4.79 Å². The SMILES string of the molecule is COc1ccc(Cl)cc1NC(=O)N(CCN(C(C)C)C(C)C)[C@@H]1CC[C@]2(c3cccc(C#N)c3)CC2C1. The largest absolute Gasteiger partial charge is 0.495 e. The Hall–Kier alpha value is -2.75. The number of hydrogen-bond acceptors (Lipinski definition) is 4. The molecule has 37 heavy (non-hydrogen) atoms. The van der Waals surface area contributed by atoms with E-state index in [1.54, 1.807) is 25.3 Å². The molecule has 3 atom stereocenters. The molecule has 0 bridgehead atoms. The Kier molecular flexibility index (Phi) is 8.36. The van der Waals surface area contributed by atoms with E-state index in [0.29, 0.717) is 41.0 Å². The highest BCUT2D eigenvalue weighted by Crippen LogP contribution is 2.62. The normalized spacial score (nSPS) is 22.5. The van der Waals surface area contributed by atoms with Crippen molar-refractivity contribution in [2.75, 3.05) is 25.5 Å². The molecule has 2 aliphatic carbocycles. The van der Waals surface area contributed by atoms with Gasteiger partial charge >= 0.3 is 6.03 Å². The number of methoxy groups -OCH3 is 1. The number of hydrogen-bond donors (Lipinski definition) is 1. The third-order valence-corrected chi connectivity index (χ3v) is 8.54. The Balaban J connectivity index is 1.53. The van der Waals surface area contributed by atoms with Crippen LogP contribution in [0.15, 0.2) is 42.5 Å². The highest BCUT2D eigenvalue weighted by atomic mass is 35.5. The molecule has 7 heteroatoms. The zero-order chi connectivity index (χ0) is 26.7. The second-order valence-corrected chi connectivity index (χ2v) is 11.5. The molecule has 2 aromatic carbocycles. The van der Waals surface area contributed by atoms with E-state index in [-0.39, 0.29) is 17.5 Å². The van der Waals surface area contributed by atoms with E-state index in [4.69, 9.17) is 16.3 Å². The molecule has 1 N–H and O–H groups in total. The number of anilines is 1. The number of carbonyl (C=O) groups excluding carboxylic acids is 1. The van der Waals surface area contributed by atoms with Gasteiger partial charge in [-0.3, -0.25) is 4.90 Å². The fourth-order valence-electron chi connectivity index (χ4n) is 6.30. The molecule has 2 amide bonds. The Labute approximate surface area is 226 Å². The van der Waals surface area contributed by atoms with Gasteiger partial charge in [-0.1, -0.05) is 23.7 Å². The minimum absolute atomic E-state index is 0.113. The monoisotopic (exact) mass is 522 g/mol. The summed E-state index contributed by atoms with van der Waals surface area (Å²) in [4.78, 5) is 18.2. The number of urea groups is 1. The minimum Gasteiger partial charge on any atom is -0.495 e. The van der Waals surface area contributed by atoms with E-state index in [1.807, 2.05) is 17.0 Å². The molecule has 6 nitrogen and oxygen atoms in total. The van der Waals surface area contributed by atoms with Gasteiger partial charge in [0.1, 0.15) is 5.75 Å². The smallest absolute Gasteiger partial charge is 0.322 e. The number of carbonyl (C=O) groups is 1. The molecule has 0 aromatic heterocycles. The average molecular weight is 523 g/mol. The number of fused-ring (bicyclic) bond motifs is 1. The zero-order valence-electron chi connectivity index (χ0n) is 22.6. The van der Waals surface area contributed by atoms with Crippen molar-refractivity contribution in [3.05, 3.63) is 58.6 Å². The zero-order valence-corrected chi connectivity index (χ0v) is 23.4. The second kappa shape index (κ2) is 11.3. The molecule has 0 heterocycles. The fourth-order valence-corrected chi connectivity index (χ4v) is 6.47. The Morgan fingerprint density at radius 1 is 1.19 bits per heavy atom. The summed E-state index contributed by atoms with van der Waals surface area (Å²) in [7, 11) is 1.59. The van der Waals surface area contributed by atoms with Crippen molar-refractivity contribution < 1.29 is 9.53 Å². The number of amides is 2. The lowest BCUT2D eigenvalue weighted by Gasteiger charge is -2.39. The van der Waals surface area contributed by atoms with Gasteiger partial charge in [0, 0.05) is 36.2 Å². The maximum absolute atomic E-state index is 13.8. The molecule has 2 saturated carbocycles. The molecular formula is C30H39ClN4O2. The number of halogens is 1.